The maximum absolute atomic E-state index is 12.7. The standard InChI is InChI=1S/C24H32N4O2/c1-16(2)24(29)28-14-8-11-20(28)22-25-17(3)19-10-7-13-27(23(19)26-22)15-18-9-5-6-12-21(18)30-4/h5-6,9,12,16,20H,7-8,10-11,13-15H2,1-4H3. The third-order valence-corrected chi connectivity index (χ3v) is 6.25. The van der Waals surface area contributed by atoms with Gasteiger partial charge in [-0.25, -0.2) is 9.97 Å². The van der Waals surface area contributed by atoms with Gasteiger partial charge in [-0.05, 0) is 38.7 Å². The molecule has 0 saturated carbocycles. The van der Waals surface area contributed by atoms with E-state index in [1.165, 1.54) is 5.56 Å². The van der Waals surface area contributed by atoms with Gasteiger partial charge >= 0.3 is 0 Å². The summed E-state index contributed by atoms with van der Waals surface area (Å²) < 4.78 is 5.56. The zero-order valence-corrected chi connectivity index (χ0v) is 18.5. The number of methoxy groups -OCH3 is 1. The number of rotatable bonds is 5. The molecule has 1 unspecified atom stereocenters. The van der Waals surface area contributed by atoms with Crippen LogP contribution in [0.25, 0.3) is 0 Å². The summed E-state index contributed by atoms with van der Waals surface area (Å²) >= 11 is 0. The largest absolute Gasteiger partial charge is 0.496 e. The molecule has 160 valence electrons. The molecule has 1 aromatic carbocycles. The first kappa shape index (κ1) is 20.6. The monoisotopic (exact) mass is 408 g/mol. The highest BCUT2D eigenvalue weighted by Crippen LogP contribution is 2.35. The molecule has 0 aliphatic carbocycles. The van der Waals surface area contributed by atoms with E-state index in [1.807, 2.05) is 36.9 Å². The lowest BCUT2D eigenvalue weighted by atomic mass is 10.0. The first-order chi connectivity index (χ1) is 14.5. The number of hydrogen-bond donors (Lipinski definition) is 0. The Bertz CT molecular complexity index is 927. The number of nitrogens with zero attached hydrogens (tertiary/aromatic N) is 4. The molecule has 1 aromatic heterocycles. The van der Waals surface area contributed by atoms with Crippen LogP contribution in [0.5, 0.6) is 5.75 Å². The van der Waals surface area contributed by atoms with Crippen LogP contribution in [-0.4, -0.2) is 41.0 Å². The number of amides is 1. The number of aromatic nitrogens is 2. The first-order valence-electron chi connectivity index (χ1n) is 11.0. The second kappa shape index (κ2) is 8.62. The smallest absolute Gasteiger partial charge is 0.225 e. The van der Waals surface area contributed by atoms with E-state index in [9.17, 15) is 4.79 Å². The van der Waals surface area contributed by atoms with Crippen LogP contribution in [0.1, 0.15) is 61.8 Å². The number of carbonyl (C=O) groups is 1. The Hall–Kier alpha value is -2.63. The third kappa shape index (κ3) is 3.87. The number of benzene rings is 1. The van der Waals surface area contributed by atoms with Gasteiger partial charge in [-0.2, -0.15) is 0 Å². The van der Waals surface area contributed by atoms with Gasteiger partial charge in [-0.1, -0.05) is 32.0 Å². The molecule has 0 radical (unpaired) electrons. The molecule has 0 spiro atoms. The van der Waals surface area contributed by atoms with Gasteiger partial charge in [0, 0.05) is 42.4 Å². The number of hydrogen-bond acceptors (Lipinski definition) is 5. The van der Waals surface area contributed by atoms with E-state index in [0.29, 0.717) is 0 Å². The maximum Gasteiger partial charge on any atom is 0.225 e. The van der Waals surface area contributed by atoms with Crippen molar-refractivity contribution in [3.8, 4) is 5.75 Å². The number of fused-ring (bicyclic) bond motifs is 1. The first-order valence-corrected chi connectivity index (χ1v) is 11.0. The predicted octanol–water partition coefficient (Wildman–Crippen LogP) is 4.07. The van der Waals surface area contributed by atoms with Crippen molar-refractivity contribution in [1.29, 1.82) is 0 Å². The summed E-state index contributed by atoms with van der Waals surface area (Å²) in [6.07, 6.45) is 4.03. The Kier molecular flexibility index (Phi) is 5.93. The van der Waals surface area contributed by atoms with Gasteiger partial charge in [0.1, 0.15) is 11.6 Å². The van der Waals surface area contributed by atoms with Crippen LogP contribution in [0.3, 0.4) is 0 Å². The molecular formula is C24H32N4O2. The molecule has 30 heavy (non-hydrogen) atoms. The molecule has 0 bridgehead atoms. The average molecular weight is 409 g/mol. The van der Waals surface area contributed by atoms with E-state index in [2.05, 4.69) is 17.9 Å². The topological polar surface area (TPSA) is 58.6 Å². The lowest BCUT2D eigenvalue weighted by Gasteiger charge is -2.33. The number of anilines is 1. The van der Waals surface area contributed by atoms with Crippen LogP contribution in [0.4, 0.5) is 5.82 Å². The zero-order valence-electron chi connectivity index (χ0n) is 18.5. The van der Waals surface area contributed by atoms with Crippen molar-refractivity contribution in [2.24, 2.45) is 5.92 Å². The highest BCUT2D eigenvalue weighted by molar-refractivity contribution is 5.78. The number of carbonyl (C=O) groups excluding carboxylic acids is 1. The molecule has 4 rings (SSSR count). The van der Waals surface area contributed by atoms with Crippen molar-refractivity contribution >= 4 is 11.7 Å². The van der Waals surface area contributed by atoms with Crippen LogP contribution < -0.4 is 9.64 Å². The molecule has 6 heteroatoms. The van der Waals surface area contributed by atoms with Crippen molar-refractivity contribution in [1.82, 2.24) is 14.9 Å². The van der Waals surface area contributed by atoms with Crippen molar-refractivity contribution in [2.75, 3.05) is 25.1 Å². The van der Waals surface area contributed by atoms with Gasteiger partial charge in [0.05, 0.1) is 13.2 Å². The number of ether oxygens (including phenoxy) is 1. The minimum Gasteiger partial charge on any atom is -0.496 e. The summed E-state index contributed by atoms with van der Waals surface area (Å²) in [5.41, 5.74) is 3.44. The minimum atomic E-state index is -0.0149. The fraction of sp³-hybridized carbons (Fsp3) is 0.542. The Morgan fingerprint density at radius 1 is 1.20 bits per heavy atom. The third-order valence-electron chi connectivity index (χ3n) is 6.25. The lowest BCUT2D eigenvalue weighted by molar-refractivity contribution is -0.135. The van der Waals surface area contributed by atoms with Crippen molar-refractivity contribution in [2.45, 2.75) is 59.0 Å². The van der Waals surface area contributed by atoms with Crippen LogP contribution in [-0.2, 0) is 17.8 Å². The summed E-state index contributed by atoms with van der Waals surface area (Å²) in [5.74, 6) is 2.91. The summed E-state index contributed by atoms with van der Waals surface area (Å²) in [4.78, 5) is 27.0. The van der Waals surface area contributed by atoms with Gasteiger partial charge in [0.15, 0.2) is 5.82 Å². The molecule has 2 aromatic rings. The van der Waals surface area contributed by atoms with E-state index < -0.39 is 0 Å². The molecular weight excluding hydrogens is 376 g/mol. The fourth-order valence-corrected chi connectivity index (χ4v) is 4.68. The minimum absolute atomic E-state index is 0.00799. The molecule has 2 aliphatic rings. The second-order valence-corrected chi connectivity index (χ2v) is 8.65. The number of likely N-dealkylation sites (tertiary alicyclic amines) is 1. The highest BCUT2D eigenvalue weighted by atomic mass is 16.5. The van der Waals surface area contributed by atoms with Gasteiger partial charge in [-0.15, -0.1) is 0 Å². The summed E-state index contributed by atoms with van der Waals surface area (Å²) in [6, 6.07) is 8.15. The SMILES string of the molecule is COc1ccccc1CN1CCCc2c(C)nc(C3CCCN3C(=O)C(C)C)nc21. The van der Waals surface area contributed by atoms with Gasteiger partial charge in [0.2, 0.25) is 5.91 Å². The fourth-order valence-electron chi connectivity index (χ4n) is 4.68. The quantitative estimate of drug-likeness (QED) is 0.747. The molecule has 1 amide bonds. The maximum atomic E-state index is 12.7. The van der Waals surface area contributed by atoms with E-state index in [-0.39, 0.29) is 17.9 Å². The Morgan fingerprint density at radius 2 is 2.00 bits per heavy atom. The van der Waals surface area contributed by atoms with E-state index in [4.69, 9.17) is 14.7 Å². The molecule has 1 fully saturated rings. The highest BCUT2D eigenvalue weighted by Gasteiger charge is 2.34. The van der Waals surface area contributed by atoms with E-state index >= 15 is 0 Å². The van der Waals surface area contributed by atoms with Crippen LogP contribution in [0.2, 0.25) is 0 Å². The number of para-hydroxylation sites is 1. The Morgan fingerprint density at radius 3 is 2.77 bits per heavy atom. The molecule has 6 nitrogen and oxygen atoms in total. The molecule has 1 saturated heterocycles. The normalized spacial score (nSPS) is 18.6. The van der Waals surface area contributed by atoms with Crippen LogP contribution in [0, 0.1) is 12.8 Å². The molecule has 0 N–H and O–H groups in total. The van der Waals surface area contributed by atoms with Crippen molar-refractivity contribution in [3.05, 3.63) is 46.9 Å². The van der Waals surface area contributed by atoms with Gasteiger partial charge in [0.25, 0.3) is 0 Å². The van der Waals surface area contributed by atoms with Crippen molar-refractivity contribution < 1.29 is 9.53 Å². The molecule has 1 atom stereocenters. The molecule has 2 aliphatic heterocycles. The van der Waals surface area contributed by atoms with Crippen LogP contribution in [0.15, 0.2) is 24.3 Å². The average Bonchev–Trinajstić information content (AvgIpc) is 3.23. The van der Waals surface area contributed by atoms with Crippen molar-refractivity contribution in [3.63, 3.8) is 0 Å². The van der Waals surface area contributed by atoms with E-state index in [0.717, 1.165) is 74.0 Å². The lowest BCUT2D eigenvalue weighted by Crippen LogP contribution is -2.36. The summed E-state index contributed by atoms with van der Waals surface area (Å²) in [7, 11) is 1.72. The molecule has 3 heterocycles. The predicted molar refractivity (Wildman–Crippen MR) is 118 cm³/mol. The van der Waals surface area contributed by atoms with Gasteiger partial charge < -0.3 is 14.5 Å². The number of aryl methyl sites for hydroxylation is 1. The van der Waals surface area contributed by atoms with E-state index in [1.54, 1.807) is 7.11 Å². The Labute approximate surface area is 179 Å². The van der Waals surface area contributed by atoms with Gasteiger partial charge in [-0.3, -0.25) is 4.79 Å². The summed E-state index contributed by atoms with van der Waals surface area (Å²) in [6.45, 7) is 8.52. The van der Waals surface area contributed by atoms with Crippen LogP contribution >= 0.6 is 0 Å². The summed E-state index contributed by atoms with van der Waals surface area (Å²) in [5, 5.41) is 0. The Balaban J connectivity index is 1.68. The second-order valence-electron chi connectivity index (χ2n) is 8.65. The zero-order chi connectivity index (χ0) is 21.3.